The van der Waals surface area contributed by atoms with Crippen LogP contribution in [0.3, 0.4) is 0 Å². The molecule has 1 atom stereocenters. The fraction of sp³-hybridized carbons (Fsp3) is 0.111. The van der Waals surface area contributed by atoms with Gasteiger partial charge in [-0.25, -0.2) is 4.98 Å². The second kappa shape index (κ2) is 8.41. The number of benzene rings is 2. The number of nitrogens with one attached hydrogen (secondary N) is 2. The summed E-state index contributed by atoms with van der Waals surface area (Å²) < 4.78 is 34.8. The Bertz CT molecular complexity index is 1070. The van der Waals surface area contributed by atoms with Crippen LogP contribution >= 0.6 is 18.7 Å². The lowest BCUT2D eigenvalue weighted by atomic mass is 10.3. The van der Waals surface area contributed by atoms with Crippen LogP contribution in [0.25, 0.3) is 0 Å². The second-order valence-electron chi connectivity index (χ2n) is 6.27. The summed E-state index contributed by atoms with van der Waals surface area (Å²) in [5.41, 5.74) is 1.07. The zero-order valence-electron chi connectivity index (χ0n) is 15.0. The van der Waals surface area contributed by atoms with E-state index in [0.29, 0.717) is 11.4 Å². The number of anilines is 4. The summed E-state index contributed by atoms with van der Waals surface area (Å²) in [7, 11) is -2.32. The molecule has 0 aliphatic rings. The van der Waals surface area contributed by atoms with Gasteiger partial charge in [-0.05, 0) is 60.8 Å². The van der Waals surface area contributed by atoms with Crippen molar-refractivity contribution in [2.45, 2.75) is 4.90 Å². The molecule has 3 rings (SSSR count). The predicted molar refractivity (Wildman–Crippen MR) is 113 cm³/mol. The van der Waals surface area contributed by atoms with Gasteiger partial charge < -0.3 is 19.8 Å². The highest BCUT2D eigenvalue weighted by Gasteiger charge is 2.12. The maximum atomic E-state index is 12.1. The average Bonchev–Trinajstić information content (AvgIpc) is 2.64. The molecule has 10 heteroatoms. The van der Waals surface area contributed by atoms with Crippen molar-refractivity contribution in [3.8, 4) is 0 Å². The van der Waals surface area contributed by atoms with Gasteiger partial charge in [0, 0.05) is 15.9 Å². The maximum Gasteiger partial charge on any atom is 0.229 e. The first-order valence-electron chi connectivity index (χ1n) is 8.14. The van der Waals surface area contributed by atoms with Crippen molar-refractivity contribution in [3.05, 3.63) is 59.8 Å². The van der Waals surface area contributed by atoms with Gasteiger partial charge in [0.2, 0.25) is 5.95 Å². The van der Waals surface area contributed by atoms with Crippen molar-refractivity contribution in [3.63, 3.8) is 0 Å². The Kier molecular flexibility index (Phi) is 6.15. The molecule has 1 heterocycles. The summed E-state index contributed by atoms with van der Waals surface area (Å²) in [4.78, 5) is 8.55. The summed E-state index contributed by atoms with van der Waals surface area (Å²) in [5.74, 6) is 0.539. The van der Waals surface area contributed by atoms with Crippen LogP contribution in [0.15, 0.2) is 59.6 Å². The third-order valence-electron chi connectivity index (χ3n) is 3.81. The SMILES string of the molecule is CP(C)(=O)c1ccc(Nc2ncc(Cl)c(Nc3ccccc3S(=O)[O-])n2)cc1. The fourth-order valence-electron chi connectivity index (χ4n) is 2.39. The zero-order chi connectivity index (χ0) is 20.3. The number of para-hydroxylation sites is 1. The van der Waals surface area contributed by atoms with Crippen molar-refractivity contribution in [2.75, 3.05) is 24.0 Å². The molecule has 2 aromatic carbocycles. The Morgan fingerprint density at radius 2 is 1.75 bits per heavy atom. The van der Waals surface area contributed by atoms with Crippen LogP contribution in [0.5, 0.6) is 0 Å². The molecule has 0 bridgehead atoms. The summed E-state index contributed by atoms with van der Waals surface area (Å²) >= 11 is 3.75. The van der Waals surface area contributed by atoms with Crippen molar-refractivity contribution < 1.29 is 13.3 Å². The van der Waals surface area contributed by atoms with Crippen LogP contribution in [0, 0.1) is 0 Å². The van der Waals surface area contributed by atoms with E-state index < -0.39 is 18.2 Å². The van der Waals surface area contributed by atoms with E-state index in [1.807, 2.05) is 0 Å². The first-order chi connectivity index (χ1) is 13.2. The molecule has 28 heavy (non-hydrogen) atoms. The van der Waals surface area contributed by atoms with Gasteiger partial charge >= 0.3 is 0 Å². The van der Waals surface area contributed by atoms with Crippen LogP contribution < -0.4 is 15.9 Å². The first-order valence-corrected chi connectivity index (χ1v) is 12.2. The molecule has 0 aliphatic carbocycles. The highest BCUT2D eigenvalue weighted by atomic mass is 35.5. The lowest BCUT2D eigenvalue weighted by Crippen LogP contribution is -2.05. The highest BCUT2D eigenvalue weighted by Crippen LogP contribution is 2.35. The third-order valence-corrected chi connectivity index (χ3v) is 6.34. The molecule has 0 fully saturated rings. The molecule has 146 valence electrons. The van der Waals surface area contributed by atoms with E-state index in [1.54, 1.807) is 55.8 Å². The molecule has 2 N–H and O–H groups in total. The van der Waals surface area contributed by atoms with Crippen molar-refractivity contribution >= 4 is 58.3 Å². The van der Waals surface area contributed by atoms with Gasteiger partial charge in [-0.3, -0.25) is 4.21 Å². The predicted octanol–water partition coefficient (Wildman–Crippen LogP) is 4.10. The number of rotatable bonds is 6. The molecule has 7 nitrogen and oxygen atoms in total. The first kappa shape index (κ1) is 20.5. The van der Waals surface area contributed by atoms with Gasteiger partial charge in [-0.15, -0.1) is 0 Å². The topological polar surface area (TPSA) is 107 Å². The quantitative estimate of drug-likeness (QED) is 0.443. The van der Waals surface area contributed by atoms with E-state index in [0.717, 1.165) is 5.30 Å². The molecule has 0 aliphatic heterocycles. The summed E-state index contributed by atoms with van der Waals surface area (Å²) in [6.07, 6.45) is 1.41. The van der Waals surface area contributed by atoms with Crippen molar-refractivity contribution in [1.29, 1.82) is 0 Å². The minimum atomic E-state index is -2.40. The number of hydrogen-bond acceptors (Lipinski definition) is 7. The van der Waals surface area contributed by atoms with E-state index in [-0.39, 0.29) is 21.7 Å². The summed E-state index contributed by atoms with van der Waals surface area (Å²) in [6.45, 7) is 3.42. The summed E-state index contributed by atoms with van der Waals surface area (Å²) in [5, 5.41) is 6.98. The van der Waals surface area contributed by atoms with E-state index >= 15 is 0 Å². The average molecular weight is 436 g/mol. The standard InChI is InChI=1S/C18H18ClN4O3PS/c1-27(2,24)13-9-7-12(8-10-13)21-18-20-11-14(19)17(23-18)22-15-5-3-4-6-16(15)28(25)26/h3-11H,1-2H3,(H,25,26)(H2,20,21,22,23)/p-1. The number of hydrogen-bond donors (Lipinski definition) is 2. The maximum absolute atomic E-state index is 12.1. The summed E-state index contributed by atoms with van der Waals surface area (Å²) in [6, 6.07) is 13.6. The third kappa shape index (κ3) is 4.97. The normalized spacial score (nSPS) is 12.4. The van der Waals surface area contributed by atoms with Crippen LogP contribution in [-0.4, -0.2) is 32.1 Å². The Hall–Kier alpha value is -2.25. The molecule has 0 saturated carbocycles. The monoisotopic (exact) mass is 435 g/mol. The Morgan fingerprint density at radius 3 is 2.39 bits per heavy atom. The van der Waals surface area contributed by atoms with Gasteiger partial charge in [0.1, 0.15) is 12.2 Å². The van der Waals surface area contributed by atoms with Crippen molar-refractivity contribution in [1.82, 2.24) is 9.97 Å². The van der Waals surface area contributed by atoms with E-state index in [2.05, 4.69) is 20.6 Å². The Balaban J connectivity index is 1.84. The second-order valence-corrected chi connectivity index (χ2v) is 10.8. The molecule has 1 unspecified atom stereocenters. The number of halogens is 1. The van der Waals surface area contributed by atoms with E-state index in [9.17, 15) is 13.3 Å². The molecular weight excluding hydrogens is 419 g/mol. The van der Waals surface area contributed by atoms with Crippen LogP contribution in [0.1, 0.15) is 0 Å². The number of nitrogens with zero attached hydrogens (tertiary/aromatic N) is 2. The van der Waals surface area contributed by atoms with E-state index in [4.69, 9.17) is 11.6 Å². The molecule has 1 aromatic heterocycles. The van der Waals surface area contributed by atoms with Crippen LogP contribution in [-0.2, 0) is 15.6 Å². The lowest BCUT2D eigenvalue weighted by molar-refractivity contribution is 0.537. The minimum absolute atomic E-state index is 0.103. The zero-order valence-corrected chi connectivity index (χ0v) is 17.5. The molecular formula is C18H17ClN4O3PS-. The smallest absolute Gasteiger partial charge is 0.229 e. The fourth-order valence-corrected chi connectivity index (χ4v) is 3.88. The molecule has 0 saturated heterocycles. The van der Waals surface area contributed by atoms with Gasteiger partial charge in [-0.1, -0.05) is 23.7 Å². The molecule has 3 aromatic rings. The molecule has 0 amide bonds. The van der Waals surface area contributed by atoms with Crippen molar-refractivity contribution in [2.24, 2.45) is 0 Å². The van der Waals surface area contributed by atoms with Gasteiger partial charge in [0.05, 0.1) is 11.9 Å². The van der Waals surface area contributed by atoms with Gasteiger partial charge in [0.25, 0.3) is 0 Å². The highest BCUT2D eigenvalue weighted by molar-refractivity contribution is 7.79. The van der Waals surface area contributed by atoms with Gasteiger partial charge in [-0.2, -0.15) is 4.98 Å². The van der Waals surface area contributed by atoms with Gasteiger partial charge in [0.15, 0.2) is 5.82 Å². The Labute approximate surface area is 170 Å². The Morgan fingerprint density at radius 1 is 1.07 bits per heavy atom. The lowest BCUT2D eigenvalue weighted by Gasteiger charge is -2.14. The van der Waals surface area contributed by atoms with Crippen LogP contribution in [0.2, 0.25) is 5.02 Å². The molecule has 0 spiro atoms. The largest absolute Gasteiger partial charge is 0.768 e. The van der Waals surface area contributed by atoms with Crippen LogP contribution in [0.4, 0.5) is 23.1 Å². The number of aromatic nitrogens is 2. The minimum Gasteiger partial charge on any atom is -0.768 e. The molecule has 0 radical (unpaired) electrons. The van der Waals surface area contributed by atoms with E-state index in [1.165, 1.54) is 12.3 Å².